The first kappa shape index (κ1) is 18.8. The summed E-state index contributed by atoms with van der Waals surface area (Å²) < 4.78 is 40.2. The van der Waals surface area contributed by atoms with E-state index in [2.05, 4.69) is 25.1 Å². The lowest BCUT2D eigenvalue weighted by Gasteiger charge is -2.06. The Morgan fingerprint density at radius 3 is 2.79 bits per heavy atom. The number of aryl methyl sites for hydroxylation is 1. The standard InChI is InChI=1S/C14H22N4O4S2/c1-10-7-11(8-18(2)3)22-12(10)9-23-6-5-15-13-14(21-4)17-24(19,20)16-13/h7H,5-6,8-9H2,1-4H3,(H,15,16). The highest BCUT2D eigenvalue weighted by atomic mass is 32.2. The minimum absolute atomic E-state index is 0.00444. The molecule has 0 atom stereocenters. The molecule has 1 aliphatic heterocycles. The van der Waals surface area contributed by atoms with E-state index in [1.807, 2.05) is 21.0 Å². The van der Waals surface area contributed by atoms with Gasteiger partial charge in [-0.15, -0.1) is 8.80 Å². The predicted molar refractivity (Wildman–Crippen MR) is 95.8 cm³/mol. The summed E-state index contributed by atoms with van der Waals surface area (Å²) in [4.78, 5) is 2.06. The Balaban J connectivity index is 1.76. The van der Waals surface area contributed by atoms with Gasteiger partial charge in [0.05, 0.1) is 19.4 Å². The summed E-state index contributed by atoms with van der Waals surface area (Å²) in [6.45, 7) is 3.36. The number of rotatable bonds is 7. The number of hydrogen-bond acceptors (Lipinski definition) is 7. The summed E-state index contributed by atoms with van der Waals surface area (Å²) >= 11 is 1.69. The van der Waals surface area contributed by atoms with E-state index in [4.69, 9.17) is 9.15 Å². The van der Waals surface area contributed by atoms with E-state index in [1.54, 1.807) is 11.8 Å². The van der Waals surface area contributed by atoms with Crippen molar-refractivity contribution in [1.82, 2.24) is 10.2 Å². The van der Waals surface area contributed by atoms with Gasteiger partial charge in [0.1, 0.15) is 11.5 Å². The zero-order valence-electron chi connectivity index (χ0n) is 14.2. The maximum absolute atomic E-state index is 11.3. The molecule has 0 saturated carbocycles. The summed E-state index contributed by atoms with van der Waals surface area (Å²) in [6, 6.07) is 2.06. The molecule has 1 N–H and O–H groups in total. The SMILES string of the molecule is COC1=NS(=O)(=O)N=C1NCCSCc1oc(CN(C)C)cc1C. The fourth-order valence-corrected chi connectivity index (χ4v) is 3.74. The summed E-state index contributed by atoms with van der Waals surface area (Å²) in [7, 11) is 1.57. The molecule has 24 heavy (non-hydrogen) atoms. The van der Waals surface area contributed by atoms with Crippen molar-refractivity contribution in [3.63, 3.8) is 0 Å². The van der Waals surface area contributed by atoms with Gasteiger partial charge in [0.25, 0.3) is 5.90 Å². The fourth-order valence-electron chi connectivity index (χ4n) is 2.09. The normalized spacial score (nSPS) is 16.2. The number of furan rings is 1. The first-order chi connectivity index (χ1) is 11.3. The van der Waals surface area contributed by atoms with Gasteiger partial charge in [-0.1, -0.05) is 0 Å². The van der Waals surface area contributed by atoms with Gasteiger partial charge < -0.3 is 19.4 Å². The van der Waals surface area contributed by atoms with Gasteiger partial charge in [-0.2, -0.15) is 20.2 Å². The maximum atomic E-state index is 11.3. The topological polar surface area (TPSA) is 96.5 Å². The van der Waals surface area contributed by atoms with Crippen molar-refractivity contribution < 1.29 is 17.6 Å². The highest BCUT2D eigenvalue weighted by Gasteiger charge is 2.24. The van der Waals surface area contributed by atoms with E-state index in [1.165, 1.54) is 7.11 Å². The zero-order valence-corrected chi connectivity index (χ0v) is 15.8. The second kappa shape index (κ2) is 8.04. The zero-order chi connectivity index (χ0) is 17.7. The van der Waals surface area contributed by atoms with Gasteiger partial charge in [0, 0.05) is 12.3 Å². The minimum atomic E-state index is -3.79. The van der Waals surface area contributed by atoms with Crippen molar-refractivity contribution in [3.05, 3.63) is 23.2 Å². The first-order valence-electron chi connectivity index (χ1n) is 7.34. The average molecular weight is 374 g/mol. The Labute approximate surface area is 146 Å². The van der Waals surface area contributed by atoms with E-state index in [9.17, 15) is 8.42 Å². The van der Waals surface area contributed by atoms with Crippen LogP contribution in [0.4, 0.5) is 0 Å². The Kier molecular flexibility index (Phi) is 6.30. The van der Waals surface area contributed by atoms with Crippen LogP contribution >= 0.6 is 11.8 Å². The second-order valence-corrected chi connectivity index (χ2v) is 7.89. The highest BCUT2D eigenvalue weighted by molar-refractivity contribution is 7.98. The van der Waals surface area contributed by atoms with Crippen molar-refractivity contribution in [1.29, 1.82) is 0 Å². The molecule has 1 aromatic rings. The minimum Gasteiger partial charge on any atom is -0.478 e. The quantitative estimate of drug-likeness (QED) is 0.716. The molecule has 0 amide bonds. The Hall–Kier alpha value is -1.52. The molecule has 2 heterocycles. The molecule has 2 rings (SSSR count). The molecule has 1 aromatic heterocycles. The Morgan fingerprint density at radius 2 is 2.12 bits per heavy atom. The van der Waals surface area contributed by atoms with E-state index < -0.39 is 10.2 Å². The molecule has 1 aliphatic rings. The molecule has 0 unspecified atom stereocenters. The molecule has 134 valence electrons. The van der Waals surface area contributed by atoms with Crippen LogP contribution in [0.2, 0.25) is 0 Å². The van der Waals surface area contributed by atoms with Gasteiger partial charge in [0.2, 0.25) is 5.84 Å². The summed E-state index contributed by atoms with van der Waals surface area (Å²) in [6.07, 6.45) is 0. The second-order valence-electron chi connectivity index (χ2n) is 5.52. The maximum Gasteiger partial charge on any atom is 0.368 e. The molecule has 0 saturated heterocycles. The van der Waals surface area contributed by atoms with Gasteiger partial charge in [-0.3, -0.25) is 0 Å². The van der Waals surface area contributed by atoms with Crippen LogP contribution in [0.5, 0.6) is 0 Å². The van der Waals surface area contributed by atoms with Gasteiger partial charge in [-0.25, -0.2) is 0 Å². The van der Waals surface area contributed by atoms with Crippen LogP contribution in [0.1, 0.15) is 17.1 Å². The van der Waals surface area contributed by atoms with Crippen LogP contribution in [0.15, 0.2) is 19.3 Å². The lowest BCUT2D eigenvalue weighted by molar-refractivity contribution is 0.344. The van der Waals surface area contributed by atoms with Crippen LogP contribution in [0, 0.1) is 6.92 Å². The third-order valence-corrected chi connectivity index (χ3v) is 4.89. The molecule has 8 nitrogen and oxygen atoms in total. The molecule has 0 fully saturated rings. The lowest BCUT2D eigenvalue weighted by Crippen LogP contribution is -2.32. The van der Waals surface area contributed by atoms with E-state index in [0.29, 0.717) is 6.54 Å². The summed E-state index contributed by atoms with van der Waals surface area (Å²) in [5.41, 5.74) is 1.15. The van der Waals surface area contributed by atoms with Crippen LogP contribution in [-0.4, -0.2) is 58.6 Å². The third kappa shape index (κ3) is 5.25. The molecule has 0 radical (unpaired) electrons. The average Bonchev–Trinajstić information content (AvgIpc) is 2.97. The van der Waals surface area contributed by atoms with Crippen LogP contribution < -0.4 is 5.32 Å². The Bertz CT molecular complexity index is 738. The molecular formula is C14H22N4O4S2. The highest BCUT2D eigenvalue weighted by Crippen LogP contribution is 2.20. The van der Waals surface area contributed by atoms with Crippen molar-refractivity contribution in [2.24, 2.45) is 8.80 Å². The van der Waals surface area contributed by atoms with Crippen LogP contribution in [0.25, 0.3) is 0 Å². The van der Waals surface area contributed by atoms with Crippen molar-refractivity contribution >= 4 is 33.7 Å². The van der Waals surface area contributed by atoms with Crippen LogP contribution in [-0.2, 0) is 27.2 Å². The Morgan fingerprint density at radius 1 is 1.38 bits per heavy atom. The van der Waals surface area contributed by atoms with E-state index in [-0.39, 0.29) is 11.7 Å². The number of hydrogen-bond donors (Lipinski definition) is 1. The van der Waals surface area contributed by atoms with E-state index in [0.717, 1.165) is 35.1 Å². The largest absolute Gasteiger partial charge is 0.478 e. The molecule has 0 spiro atoms. The molecule has 0 bridgehead atoms. The third-order valence-electron chi connectivity index (χ3n) is 3.12. The smallest absolute Gasteiger partial charge is 0.368 e. The summed E-state index contributed by atoms with van der Waals surface area (Å²) in [5.74, 6) is 3.60. The molecule has 0 aliphatic carbocycles. The molecule has 0 aromatic carbocycles. The predicted octanol–water partition coefficient (Wildman–Crippen LogP) is 1.17. The van der Waals surface area contributed by atoms with Crippen molar-refractivity contribution in [2.45, 2.75) is 19.2 Å². The number of nitrogens with zero attached hydrogens (tertiary/aromatic N) is 3. The van der Waals surface area contributed by atoms with Gasteiger partial charge in [-0.05, 0) is 32.6 Å². The number of thioether (sulfide) groups is 1. The van der Waals surface area contributed by atoms with Gasteiger partial charge in [0.15, 0.2) is 0 Å². The molecule has 10 heteroatoms. The number of amidine groups is 1. The number of nitrogens with one attached hydrogen (secondary N) is 1. The van der Waals surface area contributed by atoms with Crippen molar-refractivity contribution in [3.8, 4) is 0 Å². The van der Waals surface area contributed by atoms with Crippen LogP contribution in [0.3, 0.4) is 0 Å². The van der Waals surface area contributed by atoms with Crippen molar-refractivity contribution in [2.75, 3.05) is 33.5 Å². The molecular weight excluding hydrogens is 352 g/mol. The fraction of sp³-hybridized carbons (Fsp3) is 0.571. The van der Waals surface area contributed by atoms with E-state index >= 15 is 0 Å². The number of methoxy groups -OCH3 is 1. The number of ether oxygens (including phenoxy) is 1. The monoisotopic (exact) mass is 374 g/mol. The first-order valence-corrected chi connectivity index (χ1v) is 9.89. The lowest BCUT2D eigenvalue weighted by atomic mass is 10.3. The van der Waals surface area contributed by atoms with Gasteiger partial charge >= 0.3 is 10.2 Å². The summed E-state index contributed by atoms with van der Waals surface area (Å²) in [5, 5.41) is 2.93.